The Kier molecular flexibility index (Phi) is 20.8. The molecule has 0 aromatic rings. The number of allylic oxidation sites excluding steroid dienone is 4. The highest BCUT2D eigenvalue weighted by Gasteiger charge is 2.48. The summed E-state index contributed by atoms with van der Waals surface area (Å²) in [5.41, 5.74) is 0. The monoisotopic (exact) mass is 911 g/mol. The van der Waals surface area contributed by atoms with E-state index in [4.69, 9.17) is 18.9 Å². The van der Waals surface area contributed by atoms with E-state index in [1.807, 2.05) is 0 Å². The van der Waals surface area contributed by atoms with Crippen molar-refractivity contribution in [1.29, 1.82) is 0 Å². The van der Waals surface area contributed by atoms with Crippen LogP contribution in [0.2, 0.25) is 0 Å². The Labute approximate surface area is 407 Å². The molecule has 8 unspecified atom stereocenters. The fourth-order valence-corrected chi connectivity index (χ4v) is 16.2. The zero-order valence-electron chi connectivity index (χ0n) is 42.6. The number of hydrogen-bond donors (Lipinski definition) is 0. The molecule has 66 heavy (non-hydrogen) atoms. The van der Waals surface area contributed by atoms with Gasteiger partial charge in [-0.25, -0.2) is 0 Å². The average Bonchev–Trinajstić information content (AvgIpc) is 3.38. The Bertz CT molecular complexity index is 1200. The van der Waals surface area contributed by atoms with Gasteiger partial charge in [0, 0.05) is 26.4 Å². The summed E-state index contributed by atoms with van der Waals surface area (Å²) in [5.74, 6) is 10.4. The third kappa shape index (κ3) is 14.9. The summed E-state index contributed by atoms with van der Waals surface area (Å²) >= 11 is 0. The fourth-order valence-electron chi connectivity index (χ4n) is 16.2. The molecule has 0 aromatic carbocycles. The molecule has 0 aromatic heterocycles. The van der Waals surface area contributed by atoms with E-state index in [1.54, 1.807) is 0 Å². The molecular formula is C62H102O4. The van der Waals surface area contributed by atoms with Crippen LogP contribution in [0.5, 0.6) is 0 Å². The van der Waals surface area contributed by atoms with E-state index in [0.29, 0.717) is 24.4 Å². The molecule has 4 heteroatoms. The fraction of sp³-hybridized carbons (Fsp3) is 0.871. The van der Waals surface area contributed by atoms with Gasteiger partial charge in [-0.2, -0.15) is 0 Å². The van der Waals surface area contributed by atoms with Crippen LogP contribution in [-0.2, 0) is 18.9 Å². The van der Waals surface area contributed by atoms with E-state index in [1.165, 1.54) is 205 Å². The maximum Gasteiger partial charge on any atom is 0.0578 e. The predicted molar refractivity (Wildman–Crippen MR) is 276 cm³/mol. The van der Waals surface area contributed by atoms with Gasteiger partial charge < -0.3 is 18.9 Å². The Balaban J connectivity index is 1.01. The zero-order valence-corrected chi connectivity index (χ0v) is 42.6. The van der Waals surface area contributed by atoms with Gasteiger partial charge in [0.1, 0.15) is 0 Å². The van der Waals surface area contributed by atoms with Crippen molar-refractivity contribution in [2.75, 3.05) is 26.4 Å². The molecule has 0 heterocycles. The van der Waals surface area contributed by atoms with Crippen LogP contribution in [0.25, 0.3) is 0 Å². The second kappa shape index (κ2) is 26.9. The summed E-state index contributed by atoms with van der Waals surface area (Å²) in [7, 11) is 0. The molecule has 374 valence electrons. The van der Waals surface area contributed by atoms with Gasteiger partial charge in [0.25, 0.3) is 0 Å². The van der Waals surface area contributed by atoms with Crippen LogP contribution in [0.15, 0.2) is 50.6 Å². The standard InChI is InChI=1S/C62H102O4/c1-5-45-21-29-49(30-22-45)41-63-57-17-9-13-53(37-57)61(54-14-10-18-58(38-54)64-42-50-31-23-46(6-2)24-32-50)62(55-15-11-19-59(39-55)65-43-51-33-25-47(7-3)26-34-51)56-16-12-20-60(40-56)66-44-52-35-27-48(8-4)28-36-52/h5-8,45-62H,1-4,9-44H2. The first-order chi connectivity index (χ1) is 32.5. The molecule has 0 spiro atoms. The summed E-state index contributed by atoms with van der Waals surface area (Å²) in [4.78, 5) is 0. The predicted octanol–water partition coefficient (Wildman–Crippen LogP) is 16.5. The quantitative estimate of drug-likeness (QED) is 0.108. The first-order valence-corrected chi connectivity index (χ1v) is 29.4. The molecule has 8 saturated carbocycles. The second-order valence-electron chi connectivity index (χ2n) is 24.7. The SMILES string of the molecule is C=CC1CCC(COC2CCCC(C(C3CCCC(OCC4CCC(C=C)CC4)C3)C(C3CCCC(OCC4CCC(C=C)CC4)C3)C3CCCC(OCC4CCC(C=C)CC4)C3)C2)CC1. The summed E-state index contributed by atoms with van der Waals surface area (Å²) in [6, 6.07) is 0. The van der Waals surface area contributed by atoms with Crippen LogP contribution in [0, 0.1) is 82.9 Å². The third-order valence-electron chi connectivity index (χ3n) is 20.5. The van der Waals surface area contributed by atoms with Crippen molar-refractivity contribution in [3.63, 3.8) is 0 Å². The molecule has 0 aliphatic heterocycles. The van der Waals surface area contributed by atoms with E-state index in [-0.39, 0.29) is 0 Å². The number of ether oxygens (including phenoxy) is 4. The molecule has 8 aliphatic rings. The highest BCUT2D eigenvalue weighted by atomic mass is 16.5. The molecule has 8 aliphatic carbocycles. The summed E-state index contributed by atoms with van der Waals surface area (Å²) < 4.78 is 28.4. The molecule has 8 rings (SSSR count). The van der Waals surface area contributed by atoms with Crippen molar-refractivity contribution in [1.82, 2.24) is 0 Å². The lowest BCUT2D eigenvalue weighted by Gasteiger charge is -2.52. The van der Waals surface area contributed by atoms with Crippen molar-refractivity contribution in [2.24, 2.45) is 82.9 Å². The van der Waals surface area contributed by atoms with E-state index in [2.05, 4.69) is 50.6 Å². The highest BCUT2D eigenvalue weighted by Crippen LogP contribution is 2.54. The molecule has 0 radical (unpaired) electrons. The van der Waals surface area contributed by atoms with Crippen LogP contribution in [-0.4, -0.2) is 50.8 Å². The Hall–Kier alpha value is -1.20. The van der Waals surface area contributed by atoms with E-state index < -0.39 is 0 Å². The first kappa shape index (κ1) is 51.2. The maximum atomic E-state index is 7.11. The first-order valence-electron chi connectivity index (χ1n) is 29.4. The van der Waals surface area contributed by atoms with E-state index in [0.717, 1.165) is 109 Å². The molecule has 8 fully saturated rings. The van der Waals surface area contributed by atoms with E-state index >= 15 is 0 Å². The normalized spacial score (nSPS) is 41.5. The van der Waals surface area contributed by atoms with Gasteiger partial charge in [0.15, 0.2) is 0 Å². The highest BCUT2D eigenvalue weighted by molar-refractivity contribution is 4.98. The summed E-state index contributed by atoms with van der Waals surface area (Å²) in [6.45, 7) is 20.4. The van der Waals surface area contributed by atoms with Crippen LogP contribution in [0.1, 0.15) is 205 Å². The Morgan fingerprint density at radius 2 is 0.500 bits per heavy atom. The van der Waals surface area contributed by atoms with E-state index in [9.17, 15) is 0 Å². The second-order valence-corrected chi connectivity index (χ2v) is 24.7. The minimum absolute atomic E-state index is 0.433. The topological polar surface area (TPSA) is 36.9 Å². The zero-order chi connectivity index (χ0) is 45.5. The summed E-state index contributed by atoms with van der Waals surface area (Å²) in [6.07, 6.45) is 52.8. The van der Waals surface area contributed by atoms with Crippen molar-refractivity contribution < 1.29 is 18.9 Å². The van der Waals surface area contributed by atoms with Crippen LogP contribution in [0.3, 0.4) is 0 Å². The average molecular weight is 911 g/mol. The minimum Gasteiger partial charge on any atom is -0.378 e. The van der Waals surface area contributed by atoms with Crippen LogP contribution >= 0.6 is 0 Å². The van der Waals surface area contributed by atoms with Gasteiger partial charge in [-0.3, -0.25) is 0 Å². The van der Waals surface area contributed by atoms with Gasteiger partial charge >= 0.3 is 0 Å². The lowest BCUT2D eigenvalue weighted by molar-refractivity contribution is -0.0931. The molecular weight excluding hydrogens is 809 g/mol. The Morgan fingerprint density at radius 3 is 0.697 bits per heavy atom. The van der Waals surface area contributed by atoms with Crippen LogP contribution < -0.4 is 0 Å². The van der Waals surface area contributed by atoms with Crippen LogP contribution in [0.4, 0.5) is 0 Å². The van der Waals surface area contributed by atoms with Gasteiger partial charge in [-0.1, -0.05) is 50.0 Å². The van der Waals surface area contributed by atoms with Gasteiger partial charge in [-0.05, 0) is 263 Å². The molecule has 8 atom stereocenters. The minimum atomic E-state index is 0.433. The largest absolute Gasteiger partial charge is 0.378 e. The molecule has 0 N–H and O–H groups in total. The smallest absolute Gasteiger partial charge is 0.0578 e. The van der Waals surface area contributed by atoms with Crippen molar-refractivity contribution in [2.45, 2.75) is 230 Å². The summed E-state index contributed by atoms with van der Waals surface area (Å²) in [5, 5.41) is 0. The molecule has 0 bridgehead atoms. The van der Waals surface area contributed by atoms with Crippen molar-refractivity contribution in [3.8, 4) is 0 Å². The van der Waals surface area contributed by atoms with Gasteiger partial charge in [0.05, 0.1) is 24.4 Å². The lowest BCUT2D eigenvalue weighted by atomic mass is 9.55. The molecule has 4 nitrogen and oxygen atoms in total. The number of hydrogen-bond acceptors (Lipinski definition) is 4. The number of rotatable bonds is 21. The maximum absolute atomic E-state index is 7.11. The molecule has 0 amide bonds. The van der Waals surface area contributed by atoms with Crippen molar-refractivity contribution >= 4 is 0 Å². The van der Waals surface area contributed by atoms with Gasteiger partial charge in [0.2, 0.25) is 0 Å². The lowest BCUT2D eigenvalue weighted by Crippen LogP contribution is -2.46. The van der Waals surface area contributed by atoms with Crippen molar-refractivity contribution in [3.05, 3.63) is 50.6 Å². The molecule has 0 saturated heterocycles. The Morgan fingerprint density at radius 1 is 0.288 bits per heavy atom. The van der Waals surface area contributed by atoms with Gasteiger partial charge in [-0.15, -0.1) is 26.3 Å². The third-order valence-corrected chi connectivity index (χ3v) is 20.5.